The van der Waals surface area contributed by atoms with Crippen LogP contribution in [0.3, 0.4) is 0 Å². The minimum atomic E-state index is -0.341. The van der Waals surface area contributed by atoms with E-state index in [0.29, 0.717) is 36.5 Å². The Morgan fingerprint density at radius 2 is 1.68 bits per heavy atom. The van der Waals surface area contributed by atoms with Crippen molar-refractivity contribution >= 4 is 23.4 Å². The number of carbonyl (C=O) groups is 2. The van der Waals surface area contributed by atoms with Gasteiger partial charge < -0.3 is 15.5 Å². The summed E-state index contributed by atoms with van der Waals surface area (Å²) in [6, 6.07) is 7.72. The molecule has 3 N–H and O–H groups in total. The normalized spacial score (nSPS) is 22.7. The second kappa shape index (κ2) is 12.0. The number of likely N-dealkylation sites (tertiary alicyclic amines) is 1. The number of benzene rings is 1. The summed E-state index contributed by atoms with van der Waals surface area (Å²) in [6.45, 7) is 9.45. The molecule has 2 amide bonds. The first-order chi connectivity index (χ1) is 17.5. The van der Waals surface area contributed by atoms with Crippen LogP contribution >= 0.6 is 11.6 Å². The summed E-state index contributed by atoms with van der Waals surface area (Å²) in [5.41, 5.74) is 3.70. The Morgan fingerprint density at radius 1 is 1.05 bits per heavy atom. The highest BCUT2D eigenvalue weighted by Crippen LogP contribution is 2.46. The van der Waals surface area contributed by atoms with Crippen LogP contribution in [0.5, 0.6) is 0 Å². The molecule has 0 spiro atoms. The second-order valence-corrected chi connectivity index (χ2v) is 13.1. The van der Waals surface area contributed by atoms with Crippen molar-refractivity contribution in [3.05, 3.63) is 34.9 Å². The first kappa shape index (κ1) is 28.3. The lowest BCUT2D eigenvalue weighted by Crippen LogP contribution is -2.63. The number of nitrogens with one attached hydrogen (secondary N) is 3. The summed E-state index contributed by atoms with van der Waals surface area (Å²) in [5, 5.41) is 9.61. The van der Waals surface area contributed by atoms with Gasteiger partial charge in [0.1, 0.15) is 0 Å². The number of hydrogen-bond donors (Lipinski definition) is 3. The molecule has 3 aliphatic rings. The van der Waals surface area contributed by atoms with Gasteiger partial charge in [0.2, 0.25) is 5.91 Å². The van der Waals surface area contributed by atoms with Gasteiger partial charge in [-0.2, -0.15) is 0 Å². The van der Waals surface area contributed by atoms with Crippen LogP contribution in [0.15, 0.2) is 24.3 Å². The lowest BCUT2D eigenvalue weighted by Gasteiger charge is -2.47. The Labute approximate surface area is 228 Å². The molecule has 2 aliphatic heterocycles. The van der Waals surface area contributed by atoms with Crippen LogP contribution in [0, 0.1) is 11.3 Å². The van der Waals surface area contributed by atoms with Crippen molar-refractivity contribution < 1.29 is 9.59 Å². The fraction of sp³-hybridized carbons (Fsp3) is 0.724. The third-order valence-corrected chi connectivity index (χ3v) is 8.67. The minimum absolute atomic E-state index is 0.00573. The zero-order chi connectivity index (χ0) is 26.6. The van der Waals surface area contributed by atoms with Crippen LogP contribution in [0.1, 0.15) is 71.3 Å². The van der Waals surface area contributed by atoms with Crippen LogP contribution in [0.25, 0.3) is 0 Å². The van der Waals surface area contributed by atoms with Gasteiger partial charge in [-0.25, -0.2) is 5.01 Å². The number of halogens is 1. The van der Waals surface area contributed by atoms with Gasteiger partial charge in [0.25, 0.3) is 5.91 Å². The summed E-state index contributed by atoms with van der Waals surface area (Å²) in [4.78, 5) is 29.4. The van der Waals surface area contributed by atoms with Gasteiger partial charge in [-0.3, -0.25) is 15.0 Å². The van der Waals surface area contributed by atoms with Crippen LogP contribution in [-0.2, 0) is 16.0 Å². The topological polar surface area (TPSA) is 76.7 Å². The molecule has 1 saturated carbocycles. The van der Waals surface area contributed by atoms with Crippen molar-refractivity contribution in [2.45, 2.75) is 89.8 Å². The average Bonchev–Trinajstić information content (AvgIpc) is 2.84. The molecule has 1 aromatic carbocycles. The Kier molecular flexibility index (Phi) is 9.21. The molecule has 0 unspecified atom stereocenters. The van der Waals surface area contributed by atoms with Gasteiger partial charge in [0, 0.05) is 42.8 Å². The van der Waals surface area contributed by atoms with Crippen LogP contribution in [0.4, 0.5) is 0 Å². The standard InChI is InChI=1S/C29H46ClN5O2/c1-28(2,3)32-27(37)29(22-8-6-5-7-9-22)14-16-35(17-15-29)33-26(36)25(31-24-19-34(4)20-24)18-21-10-12-23(30)13-11-21/h10-13,22,24-25,31H,5-9,14-20H2,1-4H3,(H,32,37)(H,33,36)/t25-/m1/s1. The number of nitrogens with zero attached hydrogens (tertiary/aromatic N) is 2. The number of hydrazine groups is 1. The van der Waals surface area contributed by atoms with Gasteiger partial charge >= 0.3 is 0 Å². The molecular formula is C29H46ClN5O2. The van der Waals surface area contributed by atoms with E-state index in [0.717, 1.165) is 44.3 Å². The van der Waals surface area contributed by atoms with E-state index in [-0.39, 0.29) is 28.8 Å². The van der Waals surface area contributed by atoms with Crippen molar-refractivity contribution in [1.82, 2.24) is 26.0 Å². The lowest BCUT2D eigenvalue weighted by atomic mass is 9.63. The molecule has 2 heterocycles. The van der Waals surface area contributed by atoms with E-state index < -0.39 is 0 Å². The number of carbonyl (C=O) groups excluding carboxylic acids is 2. The van der Waals surface area contributed by atoms with E-state index >= 15 is 0 Å². The van der Waals surface area contributed by atoms with Crippen molar-refractivity contribution in [3.63, 3.8) is 0 Å². The number of rotatable bonds is 8. The maximum atomic E-state index is 13.6. The third kappa shape index (κ3) is 7.47. The number of likely N-dealkylation sites (N-methyl/N-ethyl adjacent to an activating group) is 1. The van der Waals surface area contributed by atoms with E-state index in [1.54, 1.807) is 0 Å². The third-order valence-electron chi connectivity index (χ3n) is 8.42. The van der Waals surface area contributed by atoms with E-state index in [2.05, 4.69) is 48.8 Å². The van der Waals surface area contributed by atoms with E-state index in [4.69, 9.17) is 11.6 Å². The summed E-state index contributed by atoms with van der Waals surface area (Å²) in [5.74, 6) is 0.624. The molecule has 7 nitrogen and oxygen atoms in total. The highest BCUT2D eigenvalue weighted by Gasteiger charge is 2.48. The average molecular weight is 532 g/mol. The van der Waals surface area contributed by atoms with Gasteiger partial charge in [-0.05, 0) is 83.5 Å². The Hall–Kier alpha value is -1.67. The fourth-order valence-corrected chi connectivity index (χ4v) is 6.49. The highest BCUT2D eigenvalue weighted by atomic mass is 35.5. The number of amides is 2. The van der Waals surface area contributed by atoms with E-state index in [9.17, 15) is 9.59 Å². The van der Waals surface area contributed by atoms with Crippen molar-refractivity contribution in [2.24, 2.45) is 11.3 Å². The molecule has 4 rings (SSSR count). The molecule has 8 heteroatoms. The van der Waals surface area contributed by atoms with Crippen LogP contribution in [0.2, 0.25) is 5.02 Å². The summed E-state index contributed by atoms with van der Waals surface area (Å²) in [7, 11) is 2.09. The molecular weight excluding hydrogens is 486 g/mol. The first-order valence-corrected chi connectivity index (χ1v) is 14.5. The zero-order valence-corrected chi connectivity index (χ0v) is 23.9. The quantitative estimate of drug-likeness (QED) is 0.476. The Bertz CT molecular complexity index is 911. The van der Waals surface area contributed by atoms with Crippen LogP contribution in [-0.4, -0.2) is 72.6 Å². The van der Waals surface area contributed by atoms with E-state index in [1.165, 1.54) is 19.3 Å². The Morgan fingerprint density at radius 3 is 2.24 bits per heavy atom. The molecule has 1 aliphatic carbocycles. The fourth-order valence-electron chi connectivity index (χ4n) is 6.36. The number of piperidine rings is 1. The first-order valence-electron chi connectivity index (χ1n) is 14.1. The predicted octanol–water partition coefficient (Wildman–Crippen LogP) is 3.76. The number of hydrogen-bond acceptors (Lipinski definition) is 5. The summed E-state index contributed by atoms with van der Waals surface area (Å²) in [6.07, 6.45) is 8.13. The van der Waals surface area contributed by atoms with Gasteiger partial charge in [-0.15, -0.1) is 0 Å². The SMILES string of the molecule is CN1CC(N[C@H](Cc2ccc(Cl)cc2)C(=O)NN2CCC(C(=O)NC(C)(C)C)(C3CCCCC3)CC2)C1. The Balaban J connectivity index is 1.40. The largest absolute Gasteiger partial charge is 0.351 e. The maximum Gasteiger partial charge on any atom is 0.251 e. The molecule has 0 bridgehead atoms. The van der Waals surface area contributed by atoms with E-state index in [1.807, 2.05) is 29.3 Å². The van der Waals surface area contributed by atoms with Gasteiger partial charge in [0.05, 0.1) is 11.5 Å². The summed E-state index contributed by atoms with van der Waals surface area (Å²) >= 11 is 6.07. The molecule has 0 aromatic heterocycles. The summed E-state index contributed by atoms with van der Waals surface area (Å²) < 4.78 is 0. The van der Waals surface area contributed by atoms with Crippen LogP contribution < -0.4 is 16.1 Å². The van der Waals surface area contributed by atoms with Crippen molar-refractivity contribution in [2.75, 3.05) is 33.2 Å². The molecule has 37 heavy (non-hydrogen) atoms. The van der Waals surface area contributed by atoms with Crippen molar-refractivity contribution in [1.29, 1.82) is 0 Å². The smallest absolute Gasteiger partial charge is 0.251 e. The second-order valence-electron chi connectivity index (χ2n) is 12.6. The molecule has 3 fully saturated rings. The minimum Gasteiger partial charge on any atom is -0.351 e. The molecule has 1 atom stereocenters. The zero-order valence-electron chi connectivity index (χ0n) is 23.1. The highest BCUT2D eigenvalue weighted by molar-refractivity contribution is 6.30. The monoisotopic (exact) mass is 531 g/mol. The molecule has 1 aromatic rings. The molecule has 2 saturated heterocycles. The lowest BCUT2D eigenvalue weighted by molar-refractivity contribution is -0.143. The molecule has 206 valence electrons. The van der Waals surface area contributed by atoms with Gasteiger partial charge in [-0.1, -0.05) is 43.0 Å². The van der Waals surface area contributed by atoms with Gasteiger partial charge in [0.15, 0.2) is 0 Å². The molecule has 0 radical (unpaired) electrons. The maximum absolute atomic E-state index is 13.6. The van der Waals surface area contributed by atoms with Crippen molar-refractivity contribution in [3.8, 4) is 0 Å². The predicted molar refractivity (Wildman–Crippen MR) is 149 cm³/mol.